The van der Waals surface area contributed by atoms with Gasteiger partial charge in [-0.15, -0.1) is 0 Å². The highest BCUT2D eigenvalue weighted by Crippen LogP contribution is 2.36. The highest BCUT2D eigenvalue weighted by atomic mass is 16.3. The summed E-state index contributed by atoms with van der Waals surface area (Å²) in [5.41, 5.74) is 4.50. The largest absolute Gasteiger partial charge is 0.456 e. The molecule has 2 aromatic carbocycles. The van der Waals surface area contributed by atoms with E-state index in [2.05, 4.69) is 35.7 Å². The van der Waals surface area contributed by atoms with E-state index in [1.165, 1.54) is 10.9 Å². The van der Waals surface area contributed by atoms with Gasteiger partial charge in [0.1, 0.15) is 11.3 Å². The summed E-state index contributed by atoms with van der Waals surface area (Å²) in [5, 5.41) is 4.72. The Labute approximate surface area is 117 Å². The number of rotatable bonds is 2. The van der Waals surface area contributed by atoms with Gasteiger partial charge in [-0.1, -0.05) is 30.3 Å². The molecule has 0 amide bonds. The maximum absolute atomic E-state index is 5.94. The van der Waals surface area contributed by atoms with Crippen LogP contribution in [0.2, 0.25) is 0 Å². The van der Waals surface area contributed by atoms with Gasteiger partial charge >= 0.3 is 0 Å². The molecule has 20 heavy (non-hydrogen) atoms. The Hall–Kier alpha value is -2.48. The number of para-hydroxylation sites is 1. The SMILES string of the molecule is C1=Cc2oc3cccc(Nc4ccccc4)c3c2CC1. The number of fused-ring (bicyclic) bond motifs is 3. The molecule has 4 rings (SSSR count). The molecule has 0 bridgehead atoms. The number of hydrogen-bond acceptors (Lipinski definition) is 2. The van der Waals surface area contributed by atoms with Crippen molar-refractivity contribution in [3.63, 3.8) is 0 Å². The number of aryl methyl sites for hydroxylation is 1. The Morgan fingerprint density at radius 2 is 1.85 bits per heavy atom. The number of allylic oxidation sites excluding steroid dienone is 1. The molecule has 1 heterocycles. The second-order valence-electron chi connectivity index (χ2n) is 5.06. The van der Waals surface area contributed by atoms with Gasteiger partial charge in [0.25, 0.3) is 0 Å². The smallest absolute Gasteiger partial charge is 0.137 e. The van der Waals surface area contributed by atoms with E-state index in [1.54, 1.807) is 0 Å². The summed E-state index contributed by atoms with van der Waals surface area (Å²) < 4.78 is 5.94. The molecular weight excluding hydrogens is 246 g/mol. The number of anilines is 2. The van der Waals surface area contributed by atoms with Crippen LogP contribution in [-0.4, -0.2) is 0 Å². The number of hydrogen-bond donors (Lipinski definition) is 1. The molecule has 0 fully saturated rings. The highest BCUT2D eigenvalue weighted by Gasteiger charge is 2.17. The van der Waals surface area contributed by atoms with E-state index in [-0.39, 0.29) is 0 Å². The first kappa shape index (κ1) is 11.4. The minimum atomic E-state index is 0.961. The van der Waals surface area contributed by atoms with E-state index in [4.69, 9.17) is 4.42 Å². The molecule has 0 unspecified atom stereocenters. The molecule has 2 nitrogen and oxygen atoms in total. The van der Waals surface area contributed by atoms with Gasteiger partial charge in [0.15, 0.2) is 0 Å². The van der Waals surface area contributed by atoms with Crippen LogP contribution in [0, 0.1) is 0 Å². The van der Waals surface area contributed by atoms with E-state index in [0.717, 1.165) is 35.6 Å². The second kappa shape index (κ2) is 4.57. The molecule has 0 radical (unpaired) electrons. The third-order valence-corrected chi connectivity index (χ3v) is 3.73. The van der Waals surface area contributed by atoms with Crippen molar-refractivity contribution >= 4 is 28.4 Å². The Morgan fingerprint density at radius 3 is 2.75 bits per heavy atom. The van der Waals surface area contributed by atoms with Crippen molar-refractivity contribution in [3.05, 3.63) is 65.9 Å². The maximum Gasteiger partial charge on any atom is 0.137 e. The fourth-order valence-corrected chi connectivity index (χ4v) is 2.81. The third kappa shape index (κ3) is 1.81. The maximum atomic E-state index is 5.94. The number of benzene rings is 2. The van der Waals surface area contributed by atoms with Gasteiger partial charge in [-0.2, -0.15) is 0 Å². The van der Waals surface area contributed by atoms with E-state index >= 15 is 0 Å². The summed E-state index contributed by atoms with van der Waals surface area (Å²) in [7, 11) is 0. The molecular formula is C18H15NO. The lowest BCUT2D eigenvalue weighted by Crippen LogP contribution is -1.94. The first-order valence-corrected chi connectivity index (χ1v) is 6.95. The van der Waals surface area contributed by atoms with Crippen molar-refractivity contribution in [2.45, 2.75) is 12.8 Å². The highest BCUT2D eigenvalue weighted by molar-refractivity contribution is 5.97. The van der Waals surface area contributed by atoms with Gasteiger partial charge in [-0.25, -0.2) is 0 Å². The zero-order chi connectivity index (χ0) is 13.4. The molecule has 2 heteroatoms. The van der Waals surface area contributed by atoms with E-state index in [1.807, 2.05) is 30.3 Å². The molecule has 0 aliphatic heterocycles. The summed E-state index contributed by atoms with van der Waals surface area (Å²) in [6.45, 7) is 0. The van der Waals surface area contributed by atoms with Crippen LogP contribution in [0.4, 0.5) is 11.4 Å². The molecule has 0 atom stereocenters. The monoisotopic (exact) mass is 261 g/mol. The minimum absolute atomic E-state index is 0.961. The average molecular weight is 261 g/mol. The van der Waals surface area contributed by atoms with Gasteiger partial charge in [-0.3, -0.25) is 0 Å². The van der Waals surface area contributed by atoms with Crippen molar-refractivity contribution < 1.29 is 4.42 Å². The van der Waals surface area contributed by atoms with Crippen LogP contribution in [0.3, 0.4) is 0 Å². The summed E-state index contributed by atoms with van der Waals surface area (Å²) in [6.07, 6.45) is 6.40. The molecule has 0 saturated carbocycles. The number of nitrogens with one attached hydrogen (secondary N) is 1. The zero-order valence-electron chi connectivity index (χ0n) is 11.1. The Bertz CT molecular complexity index is 784. The van der Waals surface area contributed by atoms with Gasteiger partial charge < -0.3 is 9.73 Å². The molecule has 0 spiro atoms. The van der Waals surface area contributed by atoms with Crippen molar-refractivity contribution in [2.24, 2.45) is 0 Å². The minimum Gasteiger partial charge on any atom is -0.456 e. The quantitative estimate of drug-likeness (QED) is 0.691. The predicted octanol–water partition coefficient (Wildman–Crippen LogP) is 5.14. The Kier molecular flexibility index (Phi) is 2.59. The summed E-state index contributed by atoms with van der Waals surface area (Å²) in [5.74, 6) is 1.01. The van der Waals surface area contributed by atoms with Crippen molar-refractivity contribution in [1.29, 1.82) is 0 Å². The van der Waals surface area contributed by atoms with E-state index in [0.29, 0.717) is 0 Å². The predicted molar refractivity (Wildman–Crippen MR) is 83.3 cm³/mol. The van der Waals surface area contributed by atoms with Crippen LogP contribution in [0.1, 0.15) is 17.7 Å². The molecule has 3 aromatic rings. The Morgan fingerprint density at radius 1 is 0.950 bits per heavy atom. The first-order valence-electron chi connectivity index (χ1n) is 6.95. The third-order valence-electron chi connectivity index (χ3n) is 3.73. The lowest BCUT2D eigenvalue weighted by Gasteiger charge is -2.09. The standard InChI is InChI=1S/C18H15NO/c1-2-7-13(8-3-1)19-15-10-6-12-17-18(15)14-9-4-5-11-16(14)20-17/h1-3,5-8,10-12,19H,4,9H2. The van der Waals surface area contributed by atoms with E-state index in [9.17, 15) is 0 Å². The molecule has 1 aromatic heterocycles. The summed E-state index contributed by atoms with van der Waals surface area (Å²) in [4.78, 5) is 0. The van der Waals surface area contributed by atoms with E-state index < -0.39 is 0 Å². The summed E-state index contributed by atoms with van der Waals surface area (Å²) in [6, 6.07) is 16.4. The molecule has 1 N–H and O–H groups in total. The fraction of sp³-hybridized carbons (Fsp3) is 0.111. The van der Waals surface area contributed by atoms with Crippen molar-refractivity contribution in [1.82, 2.24) is 0 Å². The van der Waals surface area contributed by atoms with Crippen LogP contribution < -0.4 is 5.32 Å². The van der Waals surface area contributed by atoms with Crippen molar-refractivity contribution in [2.75, 3.05) is 5.32 Å². The van der Waals surface area contributed by atoms with Crippen LogP contribution in [0.25, 0.3) is 17.0 Å². The van der Waals surface area contributed by atoms with Gasteiger partial charge in [0, 0.05) is 22.3 Å². The molecule has 98 valence electrons. The number of furan rings is 1. The van der Waals surface area contributed by atoms with Crippen molar-refractivity contribution in [3.8, 4) is 0 Å². The lowest BCUT2D eigenvalue weighted by molar-refractivity contribution is 0.595. The topological polar surface area (TPSA) is 25.2 Å². The fourth-order valence-electron chi connectivity index (χ4n) is 2.81. The summed E-state index contributed by atoms with van der Waals surface area (Å²) >= 11 is 0. The van der Waals surface area contributed by atoms with Crippen LogP contribution in [-0.2, 0) is 6.42 Å². The second-order valence-corrected chi connectivity index (χ2v) is 5.06. The van der Waals surface area contributed by atoms with Gasteiger partial charge in [0.05, 0.1) is 0 Å². The molecule has 0 saturated heterocycles. The zero-order valence-corrected chi connectivity index (χ0v) is 11.1. The van der Waals surface area contributed by atoms with Gasteiger partial charge in [-0.05, 0) is 43.2 Å². The average Bonchev–Trinajstić information content (AvgIpc) is 2.88. The lowest BCUT2D eigenvalue weighted by atomic mass is 10.00. The molecule has 1 aliphatic carbocycles. The van der Waals surface area contributed by atoms with Crippen LogP contribution in [0.15, 0.2) is 59.0 Å². The first-order chi connectivity index (χ1) is 9.92. The normalized spacial score (nSPS) is 13.4. The van der Waals surface area contributed by atoms with Gasteiger partial charge in [0.2, 0.25) is 0 Å². The van der Waals surface area contributed by atoms with Crippen LogP contribution >= 0.6 is 0 Å². The Balaban J connectivity index is 1.87. The molecule has 1 aliphatic rings. The van der Waals surface area contributed by atoms with Crippen LogP contribution in [0.5, 0.6) is 0 Å².